The van der Waals surface area contributed by atoms with Gasteiger partial charge < -0.3 is 10.1 Å². The van der Waals surface area contributed by atoms with Crippen molar-refractivity contribution in [2.45, 2.75) is 13.3 Å². The number of aryl methyl sites for hydroxylation is 1. The molecule has 35 heavy (non-hydrogen) atoms. The summed E-state index contributed by atoms with van der Waals surface area (Å²) < 4.78 is 1.81. The zero-order chi connectivity index (χ0) is 24.4. The number of aliphatic hydroxyl groups is 1. The Kier molecular flexibility index (Phi) is 6.24. The monoisotopic (exact) mass is 479 g/mol. The molecular formula is C29H22ClN3O2. The summed E-state index contributed by atoms with van der Waals surface area (Å²) in [6.45, 7) is 1.78. The Morgan fingerprint density at radius 3 is 2.51 bits per heavy atom. The highest BCUT2D eigenvalue weighted by Crippen LogP contribution is 2.32. The van der Waals surface area contributed by atoms with Gasteiger partial charge in [-0.25, -0.2) is 4.52 Å². The van der Waals surface area contributed by atoms with Crippen LogP contribution < -0.4 is 5.56 Å². The highest BCUT2D eigenvalue weighted by Gasteiger charge is 2.20. The molecule has 2 aromatic heterocycles. The van der Waals surface area contributed by atoms with E-state index >= 15 is 0 Å². The molecule has 0 radical (unpaired) electrons. The average Bonchev–Trinajstić information content (AvgIpc) is 3.21. The molecule has 0 saturated carbocycles. The summed E-state index contributed by atoms with van der Waals surface area (Å²) in [5, 5.41) is 14.6. The second kappa shape index (κ2) is 9.63. The van der Waals surface area contributed by atoms with Gasteiger partial charge in [-0.2, -0.15) is 5.10 Å². The molecule has 5 aromatic rings. The quantitative estimate of drug-likeness (QED) is 0.346. The fourth-order valence-corrected chi connectivity index (χ4v) is 4.41. The normalized spacial score (nSPS) is 10.8. The van der Waals surface area contributed by atoms with E-state index in [9.17, 15) is 4.79 Å². The molecule has 0 unspecified atom stereocenters. The van der Waals surface area contributed by atoms with Crippen LogP contribution in [0.1, 0.15) is 22.4 Å². The number of rotatable bonds is 4. The van der Waals surface area contributed by atoms with Gasteiger partial charge in [0.25, 0.3) is 5.56 Å². The van der Waals surface area contributed by atoms with Gasteiger partial charge in [0.05, 0.1) is 11.4 Å². The van der Waals surface area contributed by atoms with Crippen molar-refractivity contribution in [1.82, 2.24) is 14.6 Å². The Bertz CT molecular complexity index is 1640. The average molecular weight is 480 g/mol. The summed E-state index contributed by atoms with van der Waals surface area (Å²) in [6.07, 6.45) is 0.608. The molecule has 0 aliphatic heterocycles. The Balaban J connectivity index is 1.75. The summed E-state index contributed by atoms with van der Waals surface area (Å²) >= 11 is 6.15. The molecule has 0 fully saturated rings. The Morgan fingerprint density at radius 1 is 1.03 bits per heavy atom. The van der Waals surface area contributed by atoms with E-state index in [2.05, 4.69) is 29.0 Å². The fraction of sp³-hybridized carbons (Fsp3) is 0.103. The van der Waals surface area contributed by atoms with E-state index in [1.807, 2.05) is 72.1 Å². The van der Waals surface area contributed by atoms with Crippen LogP contribution in [0.5, 0.6) is 0 Å². The minimum absolute atomic E-state index is 0.194. The standard InChI is InChI=1S/C29H22ClN3O2/c1-19-16-21(8-5-15-34)9-14-24(19)26-18-27(35)31-29-28(22-10-12-23(30)13-11-22)25(32-33(26)29)17-20-6-3-2-4-7-20/h2-4,6-7,9-14,16,18,34H,15,17H2,1H3,(H,31,35). The van der Waals surface area contributed by atoms with E-state index in [1.54, 1.807) is 6.07 Å². The number of aromatic nitrogens is 3. The van der Waals surface area contributed by atoms with Gasteiger partial charge in [-0.3, -0.25) is 4.79 Å². The molecule has 0 atom stereocenters. The number of nitrogens with zero attached hydrogens (tertiary/aromatic N) is 2. The van der Waals surface area contributed by atoms with Crippen molar-refractivity contribution in [2.24, 2.45) is 0 Å². The van der Waals surface area contributed by atoms with Crippen molar-refractivity contribution in [1.29, 1.82) is 0 Å². The molecule has 0 saturated heterocycles. The van der Waals surface area contributed by atoms with E-state index in [1.165, 1.54) is 0 Å². The van der Waals surface area contributed by atoms with Crippen LogP contribution in [0.3, 0.4) is 0 Å². The first-order valence-corrected chi connectivity index (χ1v) is 11.6. The molecule has 3 aromatic carbocycles. The molecule has 0 bridgehead atoms. The minimum Gasteiger partial charge on any atom is -0.384 e. The van der Waals surface area contributed by atoms with Gasteiger partial charge in [0.2, 0.25) is 0 Å². The Labute approximate surface area is 207 Å². The number of halogens is 1. The van der Waals surface area contributed by atoms with Crippen LogP contribution in [-0.2, 0) is 6.42 Å². The Hall–Kier alpha value is -4.11. The van der Waals surface area contributed by atoms with Gasteiger partial charge in [0.15, 0.2) is 0 Å². The number of hydrogen-bond donors (Lipinski definition) is 2. The maximum absolute atomic E-state index is 12.8. The lowest BCUT2D eigenvalue weighted by Crippen LogP contribution is -2.10. The van der Waals surface area contributed by atoms with E-state index in [-0.39, 0.29) is 12.2 Å². The maximum atomic E-state index is 12.8. The topological polar surface area (TPSA) is 70.4 Å². The van der Waals surface area contributed by atoms with Crippen LogP contribution in [0, 0.1) is 18.8 Å². The number of fused-ring (bicyclic) bond motifs is 1. The van der Waals surface area contributed by atoms with Crippen molar-refractivity contribution in [2.75, 3.05) is 6.61 Å². The molecule has 0 spiro atoms. The first-order valence-electron chi connectivity index (χ1n) is 11.2. The van der Waals surface area contributed by atoms with Crippen LogP contribution in [0.25, 0.3) is 28.0 Å². The lowest BCUT2D eigenvalue weighted by molar-refractivity contribution is 0.350. The third kappa shape index (κ3) is 4.63. The van der Waals surface area contributed by atoms with Crippen LogP contribution in [0.2, 0.25) is 5.02 Å². The number of benzene rings is 3. The molecule has 2 heterocycles. The van der Waals surface area contributed by atoms with E-state index < -0.39 is 0 Å². The second-order valence-electron chi connectivity index (χ2n) is 8.26. The van der Waals surface area contributed by atoms with Crippen molar-refractivity contribution < 1.29 is 5.11 Å². The van der Waals surface area contributed by atoms with Crippen molar-refractivity contribution in [3.05, 3.63) is 117 Å². The first kappa shape index (κ1) is 22.7. The van der Waals surface area contributed by atoms with Gasteiger partial charge in [-0.1, -0.05) is 72.0 Å². The van der Waals surface area contributed by atoms with E-state index in [0.29, 0.717) is 22.8 Å². The third-order valence-corrected chi connectivity index (χ3v) is 6.11. The lowest BCUT2D eigenvalue weighted by atomic mass is 10.0. The zero-order valence-electron chi connectivity index (χ0n) is 19.0. The summed E-state index contributed by atoms with van der Waals surface area (Å²) in [5.41, 5.74) is 7.51. The molecule has 0 aliphatic rings. The third-order valence-electron chi connectivity index (χ3n) is 5.86. The van der Waals surface area contributed by atoms with Gasteiger partial charge in [0, 0.05) is 34.2 Å². The zero-order valence-corrected chi connectivity index (χ0v) is 19.8. The summed E-state index contributed by atoms with van der Waals surface area (Å²) in [4.78, 5) is 15.8. The molecular weight excluding hydrogens is 458 g/mol. The molecule has 0 amide bonds. The van der Waals surface area contributed by atoms with Gasteiger partial charge in [-0.15, -0.1) is 0 Å². The van der Waals surface area contributed by atoms with E-state index in [4.69, 9.17) is 21.8 Å². The van der Waals surface area contributed by atoms with Crippen LogP contribution >= 0.6 is 11.6 Å². The Morgan fingerprint density at radius 2 is 1.80 bits per heavy atom. The lowest BCUT2D eigenvalue weighted by Gasteiger charge is -2.09. The second-order valence-corrected chi connectivity index (χ2v) is 8.70. The largest absolute Gasteiger partial charge is 0.384 e. The predicted molar refractivity (Wildman–Crippen MR) is 140 cm³/mol. The van der Waals surface area contributed by atoms with Gasteiger partial charge in [-0.05, 0) is 47.9 Å². The number of H-pyrrole nitrogens is 1. The molecule has 2 N–H and O–H groups in total. The van der Waals surface area contributed by atoms with Gasteiger partial charge >= 0.3 is 0 Å². The van der Waals surface area contributed by atoms with Crippen LogP contribution in [0.15, 0.2) is 83.7 Å². The summed E-state index contributed by atoms with van der Waals surface area (Å²) in [5.74, 6) is 5.60. The summed E-state index contributed by atoms with van der Waals surface area (Å²) in [7, 11) is 0. The molecule has 5 nitrogen and oxygen atoms in total. The minimum atomic E-state index is -0.211. The van der Waals surface area contributed by atoms with Crippen molar-refractivity contribution in [3.63, 3.8) is 0 Å². The molecule has 5 rings (SSSR count). The SMILES string of the molecule is Cc1cc(C#CCO)ccc1-c1cc(=O)[nH]c2c(-c3ccc(Cl)cc3)c(Cc3ccccc3)nn12. The van der Waals surface area contributed by atoms with Gasteiger partial charge in [0.1, 0.15) is 12.3 Å². The summed E-state index contributed by atoms with van der Waals surface area (Å²) in [6, 6.07) is 25.0. The highest BCUT2D eigenvalue weighted by molar-refractivity contribution is 6.30. The molecule has 172 valence electrons. The molecule has 6 heteroatoms. The van der Waals surface area contributed by atoms with Crippen LogP contribution in [0.4, 0.5) is 0 Å². The fourth-order valence-electron chi connectivity index (χ4n) is 4.29. The van der Waals surface area contributed by atoms with Crippen LogP contribution in [-0.4, -0.2) is 26.3 Å². The predicted octanol–water partition coefficient (Wildman–Crippen LogP) is 5.25. The van der Waals surface area contributed by atoms with Crippen molar-refractivity contribution in [3.8, 4) is 34.2 Å². The number of nitrogens with one attached hydrogen (secondary N) is 1. The van der Waals surface area contributed by atoms with E-state index in [0.717, 1.165) is 39.1 Å². The number of hydrogen-bond acceptors (Lipinski definition) is 3. The first-order chi connectivity index (χ1) is 17.0. The smallest absolute Gasteiger partial charge is 0.251 e. The number of aliphatic hydroxyl groups excluding tert-OH is 1. The highest BCUT2D eigenvalue weighted by atomic mass is 35.5. The maximum Gasteiger partial charge on any atom is 0.251 e. The number of aromatic amines is 1. The molecule has 0 aliphatic carbocycles. The van der Waals surface area contributed by atoms with Crippen molar-refractivity contribution >= 4 is 17.2 Å².